The van der Waals surface area contributed by atoms with Crippen molar-refractivity contribution in [1.82, 2.24) is 0 Å². The maximum absolute atomic E-state index is 12.4. The molecular formula is C14H18N2O3. The molecule has 0 atom stereocenters. The van der Waals surface area contributed by atoms with Crippen molar-refractivity contribution in [2.24, 2.45) is 0 Å². The van der Waals surface area contributed by atoms with Crippen LogP contribution in [0.1, 0.15) is 45.1 Å². The van der Waals surface area contributed by atoms with Crippen LogP contribution in [0.4, 0.5) is 11.4 Å². The molecule has 0 unspecified atom stereocenters. The Kier molecular flexibility index (Phi) is 3.55. The Morgan fingerprint density at radius 2 is 1.89 bits per heavy atom. The van der Waals surface area contributed by atoms with Crippen LogP contribution in [-0.4, -0.2) is 10.8 Å². The van der Waals surface area contributed by atoms with E-state index in [-0.39, 0.29) is 11.6 Å². The number of carbonyl (C=O) groups excluding carboxylic acids is 1. The fourth-order valence-electron chi connectivity index (χ4n) is 3.05. The Hall–Kier alpha value is -1.91. The van der Waals surface area contributed by atoms with Gasteiger partial charge in [0.15, 0.2) is 0 Å². The zero-order valence-electron chi connectivity index (χ0n) is 11.2. The molecule has 102 valence electrons. The molecule has 1 heterocycles. The predicted molar refractivity (Wildman–Crippen MR) is 73.2 cm³/mol. The molecule has 1 aromatic carbocycles. The molecular weight excluding hydrogens is 244 g/mol. The second-order valence-corrected chi connectivity index (χ2v) is 4.99. The van der Waals surface area contributed by atoms with Crippen LogP contribution in [0.2, 0.25) is 0 Å². The van der Waals surface area contributed by atoms with E-state index in [4.69, 9.17) is 0 Å². The molecule has 0 fully saturated rings. The lowest BCUT2D eigenvalue weighted by Crippen LogP contribution is -2.34. The molecule has 1 aromatic rings. The van der Waals surface area contributed by atoms with Crippen molar-refractivity contribution in [3.05, 3.63) is 33.9 Å². The van der Waals surface area contributed by atoms with Crippen LogP contribution < -0.4 is 5.32 Å². The van der Waals surface area contributed by atoms with Crippen LogP contribution in [0, 0.1) is 10.1 Å². The van der Waals surface area contributed by atoms with Gasteiger partial charge in [0, 0.05) is 6.07 Å². The van der Waals surface area contributed by atoms with Crippen LogP contribution in [0.25, 0.3) is 0 Å². The number of amides is 1. The van der Waals surface area contributed by atoms with E-state index in [0.717, 1.165) is 31.2 Å². The Labute approximate surface area is 112 Å². The first-order valence-electron chi connectivity index (χ1n) is 6.66. The van der Waals surface area contributed by atoms with Gasteiger partial charge in [-0.15, -0.1) is 0 Å². The van der Waals surface area contributed by atoms with E-state index in [9.17, 15) is 14.9 Å². The molecule has 1 amide bonds. The van der Waals surface area contributed by atoms with E-state index in [0.29, 0.717) is 5.69 Å². The first kappa shape index (κ1) is 13.5. The van der Waals surface area contributed by atoms with E-state index >= 15 is 0 Å². The van der Waals surface area contributed by atoms with Gasteiger partial charge in [-0.05, 0) is 18.4 Å². The van der Waals surface area contributed by atoms with Gasteiger partial charge in [-0.3, -0.25) is 14.9 Å². The van der Waals surface area contributed by atoms with Gasteiger partial charge in [-0.1, -0.05) is 38.8 Å². The number of hydrogen-bond donors (Lipinski definition) is 1. The number of benzene rings is 1. The van der Waals surface area contributed by atoms with Gasteiger partial charge in [0.1, 0.15) is 5.69 Å². The maximum atomic E-state index is 12.4. The van der Waals surface area contributed by atoms with Gasteiger partial charge in [0.05, 0.1) is 10.3 Å². The van der Waals surface area contributed by atoms with Gasteiger partial charge in [0.2, 0.25) is 5.91 Å². The normalized spacial score (nSPS) is 16.0. The highest BCUT2D eigenvalue weighted by molar-refractivity contribution is 6.08. The van der Waals surface area contributed by atoms with E-state index in [2.05, 4.69) is 5.32 Å². The number of nitro benzene ring substituents is 1. The van der Waals surface area contributed by atoms with Gasteiger partial charge in [-0.2, -0.15) is 0 Å². The van der Waals surface area contributed by atoms with E-state index in [1.807, 2.05) is 19.9 Å². The Balaban J connectivity index is 2.60. The zero-order chi connectivity index (χ0) is 14.0. The summed E-state index contributed by atoms with van der Waals surface area (Å²) in [6.07, 6.45) is 3.19. The molecule has 1 N–H and O–H groups in total. The van der Waals surface area contributed by atoms with Crippen LogP contribution >= 0.6 is 0 Å². The topological polar surface area (TPSA) is 72.2 Å². The third kappa shape index (κ3) is 1.99. The minimum atomic E-state index is -0.592. The van der Waals surface area contributed by atoms with Gasteiger partial charge < -0.3 is 5.32 Å². The number of nitrogens with zero attached hydrogens (tertiary/aromatic N) is 1. The molecule has 0 aliphatic carbocycles. The third-order valence-electron chi connectivity index (χ3n) is 3.78. The van der Waals surface area contributed by atoms with Crippen LogP contribution in [0.3, 0.4) is 0 Å². The van der Waals surface area contributed by atoms with Gasteiger partial charge in [-0.25, -0.2) is 0 Å². The minimum Gasteiger partial charge on any atom is -0.319 e. The standard InChI is InChI=1S/C14H18N2O3/c1-3-8-14(9-4-2)10-6-5-7-11(16(18)19)12(10)15-13(14)17/h5-7H,3-4,8-9H2,1-2H3,(H,15,17). The minimum absolute atomic E-state index is 0.0140. The quantitative estimate of drug-likeness (QED) is 0.653. The average Bonchev–Trinajstić information content (AvgIpc) is 2.63. The number of para-hydroxylation sites is 1. The monoisotopic (exact) mass is 262 g/mol. The summed E-state index contributed by atoms with van der Waals surface area (Å²) in [5.74, 6) is -0.0968. The summed E-state index contributed by atoms with van der Waals surface area (Å²) in [6.45, 7) is 4.06. The molecule has 1 aliphatic rings. The van der Waals surface area contributed by atoms with Crippen molar-refractivity contribution in [3.63, 3.8) is 0 Å². The average molecular weight is 262 g/mol. The molecule has 1 aliphatic heterocycles. The highest BCUT2D eigenvalue weighted by atomic mass is 16.6. The summed E-state index contributed by atoms with van der Waals surface area (Å²) in [7, 11) is 0. The van der Waals surface area contributed by atoms with E-state index < -0.39 is 10.3 Å². The number of rotatable bonds is 5. The second kappa shape index (κ2) is 4.99. The van der Waals surface area contributed by atoms with Crippen molar-refractivity contribution >= 4 is 17.3 Å². The molecule has 0 saturated heterocycles. The van der Waals surface area contributed by atoms with Crippen molar-refractivity contribution in [3.8, 4) is 0 Å². The fraction of sp³-hybridized carbons (Fsp3) is 0.500. The smallest absolute Gasteiger partial charge is 0.293 e. The molecule has 5 nitrogen and oxygen atoms in total. The molecule has 0 saturated carbocycles. The first-order valence-corrected chi connectivity index (χ1v) is 6.66. The number of fused-ring (bicyclic) bond motifs is 1. The molecule has 0 aromatic heterocycles. The molecule has 2 rings (SSSR count). The summed E-state index contributed by atoms with van der Waals surface area (Å²) in [6, 6.07) is 4.94. The number of carbonyl (C=O) groups is 1. The Morgan fingerprint density at radius 3 is 2.42 bits per heavy atom. The van der Waals surface area contributed by atoms with Crippen molar-refractivity contribution in [1.29, 1.82) is 0 Å². The first-order chi connectivity index (χ1) is 9.06. The third-order valence-corrected chi connectivity index (χ3v) is 3.78. The number of nitrogens with one attached hydrogen (secondary N) is 1. The molecule has 0 bridgehead atoms. The molecule has 0 spiro atoms. The lowest BCUT2D eigenvalue weighted by molar-refractivity contribution is -0.383. The molecule has 5 heteroatoms. The van der Waals surface area contributed by atoms with Crippen LogP contribution in [-0.2, 0) is 10.2 Å². The predicted octanol–water partition coefficient (Wildman–Crippen LogP) is 3.38. The highest BCUT2D eigenvalue weighted by Gasteiger charge is 2.47. The van der Waals surface area contributed by atoms with Crippen molar-refractivity contribution in [2.45, 2.75) is 44.9 Å². The number of nitro groups is 1. The Morgan fingerprint density at radius 1 is 1.26 bits per heavy atom. The SMILES string of the molecule is CCCC1(CCC)C(=O)Nc2c([N+](=O)[O-])cccc21. The van der Waals surface area contributed by atoms with Gasteiger partial charge in [0.25, 0.3) is 5.69 Å². The van der Waals surface area contributed by atoms with Crippen LogP contribution in [0.15, 0.2) is 18.2 Å². The second-order valence-electron chi connectivity index (χ2n) is 4.99. The molecule has 0 radical (unpaired) electrons. The number of hydrogen-bond acceptors (Lipinski definition) is 3. The van der Waals surface area contributed by atoms with E-state index in [1.165, 1.54) is 6.07 Å². The van der Waals surface area contributed by atoms with E-state index in [1.54, 1.807) is 6.07 Å². The molecule has 19 heavy (non-hydrogen) atoms. The van der Waals surface area contributed by atoms with Crippen LogP contribution in [0.5, 0.6) is 0 Å². The van der Waals surface area contributed by atoms with Gasteiger partial charge >= 0.3 is 0 Å². The summed E-state index contributed by atoms with van der Waals surface area (Å²) in [5, 5.41) is 13.8. The fourth-order valence-corrected chi connectivity index (χ4v) is 3.05. The lowest BCUT2D eigenvalue weighted by Gasteiger charge is -2.26. The summed E-state index contributed by atoms with van der Waals surface area (Å²) in [5.41, 5.74) is 0.569. The number of anilines is 1. The summed E-state index contributed by atoms with van der Waals surface area (Å²) in [4.78, 5) is 23.0. The summed E-state index contributed by atoms with van der Waals surface area (Å²) < 4.78 is 0. The van der Waals surface area contributed by atoms with Crippen molar-refractivity contribution in [2.75, 3.05) is 5.32 Å². The summed E-state index contributed by atoms with van der Waals surface area (Å²) >= 11 is 0. The largest absolute Gasteiger partial charge is 0.319 e. The maximum Gasteiger partial charge on any atom is 0.293 e. The zero-order valence-corrected chi connectivity index (χ0v) is 11.2. The van der Waals surface area contributed by atoms with Crippen molar-refractivity contribution < 1.29 is 9.72 Å². The lowest BCUT2D eigenvalue weighted by atomic mass is 9.74. The Bertz CT molecular complexity index is 519. The highest BCUT2D eigenvalue weighted by Crippen LogP contribution is 2.47.